The fourth-order valence-corrected chi connectivity index (χ4v) is 2.21. The van der Waals surface area contributed by atoms with Gasteiger partial charge in [0.05, 0.1) is 0 Å². The van der Waals surface area contributed by atoms with Crippen molar-refractivity contribution >= 4 is 17.5 Å². The molecule has 0 fully saturated rings. The number of rotatable bonds is 4. The minimum absolute atomic E-state index is 0.0595. The molecular formula is C13H16ClNO3. The summed E-state index contributed by atoms with van der Waals surface area (Å²) in [6, 6.07) is 5.37. The van der Waals surface area contributed by atoms with Gasteiger partial charge in [0, 0.05) is 31.6 Å². The summed E-state index contributed by atoms with van der Waals surface area (Å²) in [6.45, 7) is 0.616. The highest BCUT2D eigenvalue weighted by Gasteiger charge is 2.31. The first-order valence-electron chi connectivity index (χ1n) is 5.92. The molecule has 4 nitrogen and oxygen atoms in total. The van der Waals surface area contributed by atoms with Gasteiger partial charge in [-0.15, -0.1) is 0 Å². The summed E-state index contributed by atoms with van der Waals surface area (Å²) >= 11 is 5.90. The number of aliphatic hydroxyl groups is 1. The van der Waals surface area contributed by atoms with Gasteiger partial charge in [-0.1, -0.05) is 11.6 Å². The van der Waals surface area contributed by atoms with Gasteiger partial charge in [-0.25, -0.2) is 0 Å². The highest BCUT2D eigenvalue weighted by atomic mass is 35.5. The van der Waals surface area contributed by atoms with Crippen molar-refractivity contribution in [1.29, 1.82) is 0 Å². The van der Waals surface area contributed by atoms with Crippen LogP contribution in [0.2, 0.25) is 5.02 Å². The Bertz CT molecular complexity index is 450. The zero-order valence-electron chi connectivity index (χ0n) is 10.2. The van der Waals surface area contributed by atoms with E-state index in [9.17, 15) is 4.79 Å². The maximum atomic E-state index is 12.1. The smallest absolute Gasteiger partial charge is 0.263 e. The number of aliphatic hydroxyl groups excluding tert-OH is 1. The quantitative estimate of drug-likeness (QED) is 0.901. The molecule has 0 aromatic heterocycles. The van der Waals surface area contributed by atoms with E-state index in [0.717, 1.165) is 11.3 Å². The van der Waals surface area contributed by atoms with Crippen molar-refractivity contribution in [2.24, 2.45) is 0 Å². The number of fused-ring (bicyclic) bond motifs is 1. The Morgan fingerprint density at radius 1 is 1.61 bits per heavy atom. The number of hydrogen-bond donors (Lipinski definition) is 1. The number of benzene rings is 1. The van der Waals surface area contributed by atoms with Crippen LogP contribution in [-0.2, 0) is 11.2 Å². The summed E-state index contributed by atoms with van der Waals surface area (Å²) < 4.78 is 5.61. The molecule has 0 bridgehead atoms. The first-order chi connectivity index (χ1) is 8.61. The normalized spacial score (nSPS) is 17.2. The number of halogens is 1. The van der Waals surface area contributed by atoms with Crippen molar-refractivity contribution in [1.82, 2.24) is 4.90 Å². The highest BCUT2D eigenvalue weighted by Crippen LogP contribution is 2.31. The molecule has 0 saturated carbocycles. The fraction of sp³-hybridized carbons (Fsp3) is 0.462. The second kappa shape index (κ2) is 5.59. The second-order valence-electron chi connectivity index (χ2n) is 4.40. The zero-order chi connectivity index (χ0) is 13.1. The first-order valence-corrected chi connectivity index (χ1v) is 6.30. The number of amides is 1. The van der Waals surface area contributed by atoms with Crippen molar-refractivity contribution in [3.63, 3.8) is 0 Å². The third-order valence-electron chi connectivity index (χ3n) is 3.00. The van der Waals surface area contributed by atoms with Gasteiger partial charge < -0.3 is 14.7 Å². The third-order valence-corrected chi connectivity index (χ3v) is 3.24. The summed E-state index contributed by atoms with van der Waals surface area (Å²) in [6.07, 6.45) is 0.661. The molecule has 18 heavy (non-hydrogen) atoms. The largest absolute Gasteiger partial charge is 0.480 e. The molecule has 1 heterocycles. The monoisotopic (exact) mass is 269 g/mol. The van der Waals surface area contributed by atoms with E-state index < -0.39 is 6.10 Å². The Labute approximate surface area is 111 Å². The van der Waals surface area contributed by atoms with Crippen LogP contribution in [0.3, 0.4) is 0 Å². The summed E-state index contributed by atoms with van der Waals surface area (Å²) in [7, 11) is 1.72. The molecule has 1 amide bonds. The molecule has 1 aliphatic rings. The molecule has 2 rings (SSSR count). The van der Waals surface area contributed by atoms with Crippen LogP contribution in [0.15, 0.2) is 18.2 Å². The number of ether oxygens (including phenoxy) is 1. The van der Waals surface area contributed by atoms with E-state index in [1.807, 2.05) is 6.07 Å². The minimum Gasteiger partial charge on any atom is -0.480 e. The Balaban J connectivity index is 2.00. The van der Waals surface area contributed by atoms with Gasteiger partial charge in [0.15, 0.2) is 6.10 Å². The maximum Gasteiger partial charge on any atom is 0.263 e. The molecule has 1 unspecified atom stereocenters. The van der Waals surface area contributed by atoms with E-state index in [2.05, 4.69) is 0 Å². The highest BCUT2D eigenvalue weighted by molar-refractivity contribution is 6.30. The number of hydrogen-bond acceptors (Lipinski definition) is 3. The van der Waals surface area contributed by atoms with Gasteiger partial charge in [-0.3, -0.25) is 4.79 Å². The number of likely N-dealkylation sites (N-methyl/N-ethyl adjacent to an activating group) is 1. The molecule has 1 aromatic carbocycles. The average Bonchev–Trinajstić information content (AvgIpc) is 2.77. The van der Waals surface area contributed by atoms with Crippen LogP contribution in [0.4, 0.5) is 0 Å². The molecule has 1 aliphatic heterocycles. The van der Waals surface area contributed by atoms with Crippen LogP contribution in [0.25, 0.3) is 0 Å². The maximum absolute atomic E-state index is 12.1. The van der Waals surface area contributed by atoms with Crippen LogP contribution in [0, 0.1) is 0 Å². The van der Waals surface area contributed by atoms with Crippen molar-refractivity contribution in [3.05, 3.63) is 28.8 Å². The van der Waals surface area contributed by atoms with Crippen LogP contribution in [0.5, 0.6) is 5.75 Å². The van der Waals surface area contributed by atoms with E-state index in [-0.39, 0.29) is 12.5 Å². The van der Waals surface area contributed by atoms with Gasteiger partial charge in [-0.05, 0) is 30.2 Å². The predicted octanol–water partition coefficient (Wildman–Crippen LogP) is 1.48. The number of nitrogens with zero attached hydrogens (tertiary/aromatic N) is 1. The van der Waals surface area contributed by atoms with Gasteiger partial charge in [0.2, 0.25) is 0 Å². The Hall–Kier alpha value is -1.26. The van der Waals surface area contributed by atoms with E-state index >= 15 is 0 Å². The van der Waals surface area contributed by atoms with Crippen molar-refractivity contribution < 1.29 is 14.6 Å². The van der Waals surface area contributed by atoms with E-state index in [4.69, 9.17) is 21.4 Å². The van der Waals surface area contributed by atoms with E-state index in [1.54, 1.807) is 24.1 Å². The van der Waals surface area contributed by atoms with Gasteiger partial charge in [0.1, 0.15) is 5.75 Å². The lowest BCUT2D eigenvalue weighted by atomic mass is 10.1. The number of carbonyl (C=O) groups excluding carboxylic acids is 1. The lowest BCUT2D eigenvalue weighted by molar-refractivity contribution is -0.136. The van der Waals surface area contributed by atoms with Crippen LogP contribution in [0.1, 0.15) is 12.0 Å². The number of carbonyl (C=O) groups is 1. The summed E-state index contributed by atoms with van der Waals surface area (Å²) in [5, 5.41) is 9.40. The summed E-state index contributed by atoms with van der Waals surface area (Å²) in [4.78, 5) is 13.7. The Kier molecular flexibility index (Phi) is 4.09. The topological polar surface area (TPSA) is 49.8 Å². The van der Waals surface area contributed by atoms with E-state index in [0.29, 0.717) is 24.4 Å². The zero-order valence-corrected chi connectivity index (χ0v) is 11.0. The van der Waals surface area contributed by atoms with Crippen LogP contribution < -0.4 is 4.74 Å². The molecule has 0 radical (unpaired) electrons. The standard InChI is InChI=1S/C13H16ClNO3/c1-15(5-2-6-16)13(17)12-8-9-7-10(14)3-4-11(9)18-12/h3-4,7,12,16H,2,5-6,8H2,1H3. The van der Waals surface area contributed by atoms with Crippen molar-refractivity contribution in [3.8, 4) is 5.75 Å². The van der Waals surface area contributed by atoms with Gasteiger partial charge in [0.25, 0.3) is 5.91 Å². The summed E-state index contributed by atoms with van der Waals surface area (Å²) in [5.41, 5.74) is 0.969. The fourth-order valence-electron chi connectivity index (χ4n) is 2.02. The molecule has 5 heteroatoms. The Morgan fingerprint density at radius 3 is 3.11 bits per heavy atom. The third kappa shape index (κ3) is 2.76. The Morgan fingerprint density at radius 2 is 2.39 bits per heavy atom. The van der Waals surface area contributed by atoms with Crippen LogP contribution in [-0.4, -0.2) is 42.2 Å². The van der Waals surface area contributed by atoms with Crippen molar-refractivity contribution in [2.75, 3.05) is 20.2 Å². The SMILES string of the molecule is CN(CCCO)C(=O)C1Cc2cc(Cl)ccc2O1. The lowest BCUT2D eigenvalue weighted by Gasteiger charge is -2.20. The lowest BCUT2D eigenvalue weighted by Crippen LogP contribution is -2.39. The average molecular weight is 270 g/mol. The molecule has 1 aromatic rings. The van der Waals surface area contributed by atoms with E-state index in [1.165, 1.54) is 0 Å². The molecule has 98 valence electrons. The summed E-state index contributed by atoms with van der Waals surface area (Å²) in [5.74, 6) is 0.670. The predicted molar refractivity (Wildman–Crippen MR) is 68.9 cm³/mol. The van der Waals surface area contributed by atoms with Gasteiger partial charge >= 0.3 is 0 Å². The molecule has 1 atom stereocenters. The van der Waals surface area contributed by atoms with Gasteiger partial charge in [-0.2, -0.15) is 0 Å². The van der Waals surface area contributed by atoms with Crippen LogP contribution >= 0.6 is 11.6 Å². The molecular weight excluding hydrogens is 254 g/mol. The minimum atomic E-state index is -0.470. The molecule has 1 N–H and O–H groups in total. The van der Waals surface area contributed by atoms with Crippen molar-refractivity contribution in [2.45, 2.75) is 18.9 Å². The molecule has 0 aliphatic carbocycles. The molecule has 0 saturated heterocycles. The second-order valence-corrected chi connectivity index (χ2v) is 4.84. The molecule has 0 spiro atoms. The first kappa shape index (κ1) is 13.2.